The Morgan fingerprint density at radius 2 is 1.89 bits per heavy atom. The number of aliphatic hydroxyl groups excluding tert-OH is 1. The first-order valence-corrected chi connectivity index (χ1v) is 6.92. The first-order chi connectivity index (χ1) is 9.15. The molecule has 0 fully saturated rings. The van der Waals surface area contributed by atoms with Crippen LogP contribution < -0.4 is 0 Å². The number of aromatic nitrogens is 3. The van der Waals surface area contributed by atoms with Crippen molar-refractivity contribution in [3.05, 3.63) is 39.6 Å². The lowest BCUT2D eigenvalue weighted by Crippen LogP contribution is -2.04. The van der Waals surface area contributed by atoms with Crippen LogP contribution >= 0.6 is 23.2 Å². The Morgan fingerprint density at radius 3 is 2.47 bits per heavy atom. The van der Waals surface area contributed by atoms with Crippen molar-refractivity contribution in [3.63, 3.8) is 0 Å². The number of nitrogens with zero attached hydrogens (tertiary/aromatic N) is 3. The standard InChI is InChI=1S/C13H15Cl2N3O/c1-2-3-4-13-12(8-19)16-17-18(13)11-6-9(14)5-10(15)7-11/h5-7,19H,2-4,8H2,1H3. The second-order valence-electron chi connectivity index (χ2n) is 4.28. The molecule has 4 nitrogen and oxygen atoms in total. The number of halogens is 2. The number of hydrogen-bond acceptors (Lipinski definition) is 3. The van der Waals surface area contributed by atoms with Crippen LogP contribution in [0.5, 0.6) is 0 Å². The van der Waals surface area contributed by atoms with E-state index in [2.05, 4.69) is 17.2 Å². The fraction of sp³-hybridized carbons (Fsp3) is 0.385. The summed E-state index contributed by atoms with van der Waals surface area (Å²) in [6.07, 6.45) is 2.88. The van der Waals surface area contributed by atoms with Crippen molar-refractivity contribution >= 4 is 23.2 Å². The van der Waals surface area contributed by atoms with E-state index >= 15 is 0 Å². The molecule has 0 aliphatic carbocycles. The molecule has 19 heavy (non-hydrogen) atoms. The molecule has 0 amide bonds. The highest BCUT2D eigenvalue weighted by molar-refractivity contribution is 6.34. The van der Waals surface area contributed by atoms with Gasteiger partial charge in [-0.05, 0) is 31.0 Å². The molecule has 0 spiro atoms. The van der Waals surface area contributed by atoms with Crippen molar-refractivity contribution in [1.29, 1.82) is 0 Å². The summed E-state index contributed by atoms with van der Waals surface area (Å²) in [5, 5.41) is 18.5. The average molecular weight is 300 g/mol. The van der Waals surface area contributed by atoms with E-state index in [1.807, 2.05) is 0 Å². The van der Waals surface area contributed by atoms with E-state index in [1.54, 1.807) is 22.9 Å². The molecule has 0 aliphatic rings. The third kappa shape index (κ3) is 3.26. The molecule has 1 N–H and O–H groups in total. The summed E-state index contributed by atoms with van der Waals surface area (Å²) in [4.78, 5) is 0. The van der Waals surface area contributed by atoms with Gasteiger partial charge in [-0.1, -0.05) is 41.8 Å². The van der Waals surface area contributed by atoms with Crippen molar-refractivity contribution < 1.29 is 5.11 Å². The van der Waals surface area contributed by atoms with Gasteiger partial charge in [-0.15, -0.1) is 5.10 Å². The molecule has 0 saturated heterocycles. The zero-order valence-corrected chi connectivity index (χ0v) is 12.1. The highest BCUT2D eigenvalue weighted by Crippen LogP contribution is 2.23. The lowest BCUT2D eigenvalue weighted by molar-refractivity contribution is 0.275. The maximum Gasteiger partial charge on any atom is 0.112 e. The maximum absolute atomic E-state index is 9.32. The SMILES string of the molecule is CCCCc1c(CO)nnn1-c1cc(Cl)cc(Cl)c1. The molecule has 0 atom stereocenters. The molecular weight excluding hydrogens is 285 g/mol. The molecule has 0 saturated carbocycles. The second kappa shape index (κ2) is 6.37. The summed E-state index contributed by atoms with van der Waals surface area (Å²) in [6, 6.07) is 5.22. The van der Waals surface area contributed by atoms with Gasteiger partial charge in [0.2, 0.25) is 0 Å². The van der Waals surface area contributed by atoms with Gasteiger partial charge in [0, 0.05) is 10.0 Å². The van der Waals surface area contributed by atoms with Crippen molar-refractivity contribution in [2.45, 2.75) is 32.8 Å². The Balaban J connectivity index is 2.45. The highest BCUT2D eigenvalue weighted by Gasteiger charge is 2.13. The van der Waals surface area contributed by atoms with Crippen molar-refractivity contribution in [2.24, 2.45) is 0 Å². The zero-order chi connectivity index (χ0) is 13.8. The molecule has 2 aromatic rings. The summed E-state index contributed by atoms with van der Waals surface area (Å²) in [7, 11) is 0. The van der Waals surface area contributed by atoms with Gasteiger partial charge in [0.05, 0.1) is 18.0 Å². The molecule has 102 valence electrons. The molecule has 1 heterocycles. The van der Waals surface area contributed by atoms with E-state index in [1.165, 1.54) is 0 Å². The van der Waals surface area contributed by atoms with Gasteiger partial charge in [0.15, 0.2) is 0 Å². The average Bonchev–Trinajstić information content (AvgIpc) is 2.77. The van der Waals surface area contributed by atoms with Crippen LogP contribution in [0.3, 0.4) is 0 Å². The summed E-state index contributed by atoms with van der Waals surface area (Å²) in [6.45, 7) is 2.00. The minimum Gasteiger partial charge on any atom is -0.390 e. The number of aliphatic hydroxyl groups is 1. The Kier molecular flexibility index (Phi) is 4.80. The smallest absolute Gasteiger partial charge is 0.112 e. The summed E-state index contributed by atoms with van der Waals surface area (Å²) >= 11 is 12.0. The van der Waals surface area contributed by atoms with Gasteiger partial charge in [0.1, 0.15) is 5.69 Å². The fourth-order valence-corrected chi connectivity index (χ4v) is 2.43. The number of rotatable bonds is 5. The summed E-state index contributed by atoms with van der Waals surface area (Å²) < 4.78 is 1.69. The first kappa shape index (κ1) is 14.3. The molecule has 0 radical (unpaired) electrons. The normalized spacial score (nSPS) is 10.9. The Bertz CT molecular complexity index is 549. The van der Waals surface area contributed by atoms with Gasteiger partial charge < -0.3 is 5.11 Å². The Hall–Kier alpha value is -1.10. The monoisotopic (exact) mass is 299 g/mol. The fourth-order valence-electron chi connectivity index (χ4n) is 1.92. The molecular formula is C13H15Cl2N3O. The van der Waals surface area contributed by atoms with Crippen LogP contribution in [0.15, 0.2) is 18.2 Å². The zero-order valence-electron chi connectivity index (χ0n) is 10.6. The van der Waals surface area contributed by atoms with Crippen LogP contribution in [-0.4, -0.2) is 20.1 Å². The van der Waals surface area contributed by atoms with Crippen LogP contribution in [0.25, 0.3) is 5.69 Å². The summed E-state index contributed by atoms with van der Waals surface area (Å²) in [5.41, 5.74) is 2.27. The van der Waals surface area contributed by atoms with E-state index < -0.39 is 0 Å². The van der Waals surface area contributed by atoms with E-state index in [4.69, 9.17) is 23.2 Å². The maximum atomic E-state index is 9.32. The first-order valence-electron chi connectivity index (χ1n) is 6.16. The van der Waals surface area contributed by atoms with Crippen LogP contribution in [0.2, 0.25) is 10.0 Å². The van der Waals surface area contributed by atoms with Gasteiger partial charge in [0.25, 0.3) is 0 Å². The molecule has 2 rings (SSSR count). The van der Waals surface area contributed by atoms with Crippen LogP contribution in [0, 0.1) is 0 Å². The molecule has 0 unspecified atom stereocenters. The highest BCUT2D eigenvalue weighted by atomic mass is 35.5. The lowest BCUT2D eigenvalue weighted by atomic mass is 10.1. The predicted octanol–water partition coefficient (Wildman–Crippen LogP) is 3.41. The van der Waals surface area contributed by atoms with Crippen molar-refractivity contribution in [2.75, 3.05) is 0 Å². The lowest BCUT2D eigenvalue weighted by Gasteiger charge is -2.08. The third-order valence-corrected chi connectivity index (χ3v) is 3.29. The molecule has 6 heteroatoms. The van der Waals surface area contributed by atoms with Crippen LogP contribution in [0.4, 0.5) is 0 Å². The number of hydrogen-bond donors (Lipinski definition) is 1. The van der Waals surface area contributed by atoms with E-state index in [0.717, 1.165) is 30.6 Å². The number of unbranched alkanes of at least 4 members (excludes halogenated alkanes) is 1. The van der Waals surface area contributed by atoms with E-state index in [-0.39, 0.29) is 6.61 Å². The minimum absolute atomic E-state index is 0.118. The van der Waals surface area contributed by atoms with Crippen LogP contribution in [-0.2, 0) is 13.0 Å². The molecule has 1 aromatic heterocycles. The van der Waals surface area contributed by atoms with E-state index in [9.17, 15) is 5.11 Å². The molecule has 1 aromatic carbocycles. The van der Waals surface area contributed by atoms with E-state index in [0.29, 0.717) is 15.7 Å². The third-order valence-electron chi connectivity index (χ3n) is 2.85. The quantitative estimate of drug-likeness (QED) is 0.920. The largest absolute Gasteiger partial charge is 0.390 e. The van der Waals surface area contributed by atoms with Gasteiger partial charge in [-0.25, -0.2) is 4.68 Å². The Morgan fingerprint density at radius 1 is 1.21 bits per heavy atom. The summed E-state index contributed by atoms with van der Waals surface area (Å²) in [5.74, 6) is 0. The van der Waals surface area contributed by atoms with Crippen molar-refractivity contribution in [3.8, 4) is 5.69 Å². The van der Waals surface area contributed by atoms with Gasteiger partial charge in [-0.2, -0.15) is 0 Å². The van der Waals surface area contributed by atoms with Crippen molar-refractivity contribution in [1.82, 2.24) is 15.0 Å². The predicted molar refractivity (Wildman–Crippen MR) is 75.9 cm³/mol. The van der Waals surface area contributed by atoms with Crippen LogP contribution in [0.1, 0.15) is 31.2 Å². The minimum atomic E-state index is -0.118. The topological polar surface area (TPSA) is 50.9 Å². The van der Waals surface area contributed by atoms with Gasteiger partial charge >= 0.3 is 0 Å². The van der Waals surface area contributed by atoms with Gasteiger partial charge in [-0.3, -0.25) is 0 Å². The molecule has 0 bridgehead atoms. The molecule has 0 aliphatic heterocycles. The Labute approximate surface area is 122 Å². The second-order valence-corrected chi connectivity index (χ2v) is 5.16. The number of benzene rings is 1.